The average molecular weight is 276 g/mol. The van der Waals surface area contributed by atoms with Crippen LogP contribution in [0.3, 0.4) is 0 Å². The molecule has 5 nitrogen and oxygen atoms in total. The summed E-state index contributed by atoms with van der Waals surface area (Å²) in [5, 5.41) is 10.9. The average Bonchev–Trinajstić information content (AvgIpc) is 2.27. The standard InChI is InChI=1S/C11H11ClFNO4/c12-8-2-1-7(9(13)3-8)4-14-10(15)5-18-6-11(16)17/h1-3H,4-6H2,(H,14,15)(H,16,17). The molecule has 1 rings (SSSR count). The summed E-state index contributed by atoms with van der Waals surface area (Å²) in [4.78, 5) is 21.3. The van der Waals surface area contributed by atoms with Crippen molar-refractivity contribution < 1.29 is 23.8 Å². The minimum absolute atomic E-state index is 0.0156. The molecule has 0 radical (unpaired) electrons. The van der Waals surface area contributed by atoms with Gasteiger partial charge < -0.3 is 15.2 Å². The van der Waals surface area contributed by atoms with E-state index in [0.29, 0.717) is 0 Å². The van der Waals surface area contributed by atoms with E-state index in [1.165, 1.54) is 12.1 Å². The summed E-state index contributed by atoms with van der Waals surface area (Å²) in [7, 11) is 0. The van der Waals surface area contributed by atoms with Gasteiger partial charge in [-0.25, -0.2) is 9.18 Å². The monoisotopic (exact) mass is 275 g/mol. The van der Waals surface area contributed by atoms with Crippen molar-refractivity contribution in [3.63, 3.8) is 0 Å². The lowest BCUT2D eigenvalue weighted by Crippen LogP contribution is -2.28. The Labute approximate surface area is 108 Å². The number of hydrogen-bond donors (Lipinski definition) is 2. The molecule has 0 bridgehead atoms. The number of ether oxygens (including phenoxy) is 1. The van der Waals surface area contributed by atoms with Crippen LogP contribution in [0.15, 0.2) is 18.2 Å². The van der Waals surface area contributed by atoms with Gasteiger partial charge in [-0.15, -0.1) is 0 Å². The molecule has 0 aromatic heterocycles. The normalized spacial score (nSPS) is 10.1. The first-order valence-corrected chi connectivity index (χ1v) is 5.37. The number of carboxylic acids is 1. The molecular formula is C11H11ClFNO4. The van der Waals surface area contributed by atoms with Crippen molar-refractivity contribution in [3.05, 3.63) is 34.6 Å². The number of hydrogen-bond acceptors (Lipinski definition) is 3. The number of benzene rings is 1. The van der Waals surface area contributed by atoms with E-state index in [1.54, 1.807) is 0 Å². The molecule has 0 saturated heterocycles. The van der Waals surface area contributed by atoms with Crippen LogP contribution in [-0.2, 0) is 20.9 Å². The molecule has 0 unspecified atom stereocenters. The minimum Gasteiger partial charge on any atom is -0.480 e. The third kappa shape index (κ3) is 5.11. The van der Waals surface area contributed by atoms with Gasteiger partial charge in [-0.05, 0) is 12.1 Å². The largest absolute Gasteiger partial charge is 0.480 e. The molecule has 18 heavy (non-hydrogen) atoms. The van der Waals surface area contributed by atoms with Crippen molar-refractivity contribution in [1.29, 1.82) is 0 Å². The number of carbonyl (C=O) groups excluding carboxylic acids is 1. The quantitative estimate of drug-likeness (QED) is 0.818. The third-order valence-corrected chi connectivity index (χ3v) is 2.18. The SMILES string of the molecule is O=C(O)COCC(=O)NCc1ccc(Cl)cc1F. The molecule has 98 valence electrons. The van der Waals surface area contributed by atoms with Gasteiger partial charge in [0, 0.05) is 17.1 Å². The van der Waals surface area contributed by atoms with Crippen LogP contribution in [0.2, 0.25) is 5.02 Å². The number of carboxylic acid groups (broad SMARTS) is 1. The Kier molecular flexibility index (Phi) is 5.54. The van der Waals surface area contributed by atoms with Crippen molar-refractivity contribution in [1.82, 2.24) is 5.32 Å². The van der Waals surface area contributed by atoms with Gasteiger partial charge in [0.1, 0.15) is 19.0 Å². The number of aliphatic carboxylic acids is 1. The fourth-order valence-corrected chi connectivity index (χ4v) is 1.30. The number of nitrogens with one attached hydrogen (secondary N) is 1. The maximum atomic E-state index is 13.3. The van der Waals surface area contributed by atoms with Gasteiger partial charge in [0.25, 0.3) is 0 Å². The van der Waals surface area contributed by atoms with Crippen LogP contribution < -0.4 is 5.32 Å². The van der Waals surface area contributed by atoms with Gasteiger partial charge >= 0.3 is 5.97 Å². The van der Waals surface area contributed by atoms with Gasteiger partial charge in [-0.2, -0.15) is 0 Å². The molecule has 2 N–H and O–H groups in total. The minimum atomic E-state index is -1.16. The number of halogens is 2. The number of amides is 1. The molecule has 0 heterocycles. The molecule has 0 spiro atoms. The van der Waals surface area contributed by atoms with E-state index in [4.69, 9.17) is 16.7 Å². The number of carbonyl (C=O) groups is 2. The first kappa shape index (κ1) is 14.4. The summed E-state index contributed by atoms with van der Waals surface area (Å²) in [5.41, 5.74) is 0.283. The summed E-state index contributed by atoms with van der Waals surface area (Å²) in [5.74, 6) is -2.20. The van der Waals surface area contributed by atoms with Crippen LogP contribution >= 0.6 is 11.6 Å². The van der Waals surface area contributed by atoms with Crippen LogP contribution in [0.1, 0.15) is 5.56 Å². The van der Waals surface area contributed by atoms with Gasteiger partial charge in [-0.1, -0.05) is 17.7 Å². The molecule has 0 atom stereocenters. The first-order chi connectivity index (χ1) is 8.49. The van der Waals surface area contributed by atoms with Crippen LogP contribution in [0.4, 0.5) is 4.39 Å². The Balaban J connectivity index is 2.36. The Morgan fingerprint density at radius 1 is 1.39 bits per heavy atom. The molecule has 0 saturated carbocycles. The van der Waals surface area contributed by atoms with Gasteiger partial charge in [0.2, 0.25) is 5.91 Å². The highest BCUT2D eigenvalue weighted by Crippen LogP contribution is 2.14. The van der Waals surface area contributed by atoms with Gasteiger partial charge in [-0.3, -0.25) is 4.79 Å². The maximum Gasteiger partial charge on any atom is 0.329 e. The molecule has 1 aromatic rings. The second-order valence-corrected chi connectivity index (χ2v) is 3.84. The Morgan fingerprint density at radius 3 is 2.72 bits per heavy atom. The molecule has 0 fully saturated rings. The van der Waals surface area contributed by atoms with E-state index in [1.807, 2.05) is 0 Å². The van der Waals surface area contributed by atoms with Crippen LogP contribution in [0.25, 0.3) is 0 Å². The van der Waals surface area contributed by atoms with Crippen molar-refractivity contribution in [3.8, 4) is 0 Å². The predicted molar refractivity (Wildman–Crippen MR) is 61.7 cm³/mol. The van der Waals surface area contributed by atoms with E-state index in [0.717, 1.165) is 6.07 Å². The summed E-state index contributed by atoms with van der Waals surface area (Å²) in [6.45, 7) is -0.956. The fourth-order valence-electron chi connectivity index (χ4n) is 1.14. The van der Waals surface area contributed by atoms with Crippen molar-refractivity contribution >= 4 is 23.5 Å². The highest BCUT2D eigenvalue weighted by atomic mass is 35.5. The molecule has 0 aliphatic heterocycles. The molecule has 0 aliphatic carbocycles. The lowest BCUT2D eigenvalue weighted by atomic mass is 10.2. The molecular weight excluding hydrogens is 265 g/mol. The van der Waals surface area contributed by atoms with Crippen LogP contribution in [0, 0.1) is 5.82 Å². The summed E-state index contributed by atoms with van der Waals surface area (Å²) in [6, 6.07) is 4.10. The lowest BCUT2D eigenvalue weighted by molar-refractivity contribution is -0.143. The molecule has 7 heteroatoms. The molecule has 1 amide bonds. The molecule has 0 aliphatic rings. The first-order valence-electron chi connectivity index (χ1n) is 4.99. The van der Waals surface area contributed by atoms with E-state index in [-0.39, 0.29) is 23.7 Å². The van der Waals surface area contributed by atoms with Gasteiger partial charge in [0.05, 0.1) is 0 Å². The van der Waals surface area contributed by atoms with E-state index in [2.05, 4.69) is 10.1 Å². The zero-order valence-corrected chi connectivity index (χ0v) is 10.0. The zero-order valence-electron chi connectivity index (χ0n) is 9.28. The summed E-state index contributed by atoms with van der Waals surface area (Å²) in [6.07, 6.45) is 0. The second-order valence-electron chi connectivity index (χ2n) is 3.40. The molecule has 1 aromatic carbocycles. The highest BCUT2D eigenvalue weighted by Gasteiger charge is 2.06. The Hall–Kier alpha value is -1.66. The Morgan fingerprint density at radius 2 is 2.11 bits per heavy atom. The zero-order chi connectivity index (χ0) is 13.5. The van der Waals surface area contributed by atoms with Crippen molar-refractivity contribution in [2.24, 2.45) is 0 Å². The smallest absolute Gasteiger partial charge is 0.329 e. The summed E-state index contributed by atoms with van der Waals surface area (Å²) < 4.78 is 17.9. The topological polar surface area (TPSA) is 75.6 Å². The van der Waals surface area contributed by atoms with Crippen molar-refractivity contribution in [2.75, 3.05) is 13.2 Å². The maximum absolute atomic E-state index is 13.3. The van der Waals surface area contributed by atoms with Crippen molar-refractivity contribution in [2.45, 2.75) is 6.54 Å². The highest BCUT2D eigenvalue weighted by molar-refractivity contribution is 6.30. The Bertz CT molecular complexity index is 453. The second kappa shape index (κ2) is 6.93. The van der Waals surface area contributed by atoms with E-state index < -0.39 is 24.3 Å². The third-order valence-electron chi connectivity index (χ3n) is 1.95. The lowest BCUT2D eigenvalue weighted by Gasteiger charge is -2.06. The van der Waals surface area contributed by atoms with Crippen LogP contribution in [0.5, 0.6) is 0 Å². The number of rotatable bonds is 6. The van der Waals surface area contributed by atoms with E-state index >= 15 is 0 Å². The van der Waals surface area contributed by atoms with Gasteiger partial charge in [0.15, 0.2) is 0 Å². The summed E-state index contributed by atoms with van der Waals surface area (Å²) >= 11 is 5.57. The van der Waals surface area contributed by atoms with E-state index in [9.17, 15) is 14.0 Å². The van der Waals surface area contributed by atoms with Crippen LogP contribution in [-0.4, -0.2) is 30.2 Å². The fraction of sp³-hybridized carbons (Fsp3) is 0.273. The predicted octanol–water partition coefficient (Wildman–Crippen LogP) is 1.20.